The summed E-state index contributed by atoms with van der Waals surface area (Å²) in [6.45, 7) is 11.1. The molecule has 0 unspecified atom stereocenters. The van der Waals surface area contributed by atoms with Gasteiger partial charge in [-0.2, -0.15) is 10.1 Å². The quantitative estimate of drug-likeness (QED) is 0.910. The number of rotatable bonds is 5. The van der Waals surface area contributed by atoms with E-state index in [0.717, 1.165) is 5.69 Å². The zero-order valence-corrected chi connectivity index (χ0v) is 12.7. The fourth-order valence-corrected chi connectivity index (χ4v) is 1.53. The van der Waals surface area contributed by atoms with Crippen LogP contribution in [-0.4, -0.2) is 20.3 Å². The molecule has 0 saturated carbocycles. The molecular formula is C14H22N4O2. The van der Waals surface area contributed by atoms with Crippen LogP contribution in [0.15, 0.2) is 23.1 Å². The Bertz CT molecular complexity index is 552. The van der Waals surface area contributed by atoms with Gasteiger partial charge in [0.1, 0.15) is 6.26 Å². The molecule has 0 saturated heterocycles. The van der Waals surface area contributed by atoms with E-state index in [1.54, 1.807) is 12.5 Å². The van der Waals surface area contributed by atoms with Crippen LogP contribution < -0.4 is 10.1 Å². The van der Waals surface area contributed by atoms with Crippen molar-refractivity contribution in [2.24, 2.45) is 0 Å². The standard InChI is InChI=1S/C14H22N4O2/c1-10(2)18-8-12(7-16-18)20-13-17-11(9-19-13)6-15-14(3,4)5/h7-10,15H,6H2,1-5H3. The van der Waals surface area contributed by atoms with Gasteiger partial charge in [0.05, 0.1) is 18.1 Å². The Labute approximate surface area is 119 Å². The van der Waals surface area contributed by atoms with Crippen LogP contribution in [0.5, 0.6) is 11.8 Å². The largest absolute Gasteiger partial charge is 0.417 e. The van der Waals surface area contributed by atoms with Gasteiger partial charge in [0.15, 0.2) is 5.75 Å². The van der Waals surface area contributed by atoms with Crippen LogP contribution in [0.2, 0.25) is 0 Å². The van der Waals surface area contributed by atoms with Crippen LogP contribution in [0.1, 0.15) is 46.4 Å². The van der Waals surface area contributed by atoms with Crippen molar-refractivity contribution in [3.8, 4) is 11.8 Å². The molecule has 0 aliphatic heterocycles. The summed E-state index contributed by atoms with van der Waals surface area (Å²) in [5, 5.41) is 7.54. The molecule has 110 valence electrons. The van der Waals surface area contributed by atoms with Gasteiger partial charge < -0.3 is 14.5 Å². The van der Waals surface area contributed by atoms with Crippen molar-refractivity contribution in [1.82, 2.24) is 20.1 Å². The van der Waals surface area contributed by atoms with Gasteiger partial charge in [0.2, 0.25) is 0 Å². The topological polar surface area (TPSA) is 65.1 Å². The van der Waals surface area contributed by atoms with Gasteiger partial charge in [-0.15, -0.1) is 0 Å². The molecule has 0 amide bonds. The summed E-state index contributed by atoms with van der Waals surface area (Å²) in [5.74, 6) is 0.621. The molecule has 0 aromatic carbocycles. The van der Waals surface area contributed by atoms with Gasteiger partial charge in [-0.3, -0.25) is 4.68 Å². The highest BCUT2D eigenvalue weighted by atomic mass is 16.6. The monoisotopic (exact) mass is 278 g/mol. The molecular weight excluding hydrogens is 256 g/mol. The van der Waals surface area contributed by atoms with Crippen LogP contribution in [0.4, 0.5) is 0 Å². The third-order valence-corrected chi connectivity index (χ3v) is 2.64. The maximum atomic E-state index is 5.53. The maximum absolute atomic E-state index is 5.53. The van der Waals surface area contributed by atoms with Crippen LogP contribution in [-0.2, 0) is 6.54 Å². The number of aromatic nitrogens is 3. The minimum atomic E-state index is 0.0401. The number of ether oxygens (including phenoxy) is 1. The van der Waals surface area contributed by atoms with Gasteiger partial charge >= 0.3 is 6.08 Å². The van der Waals surface area contributed by atoms with Crippen molar-refractivity contribution in [1.29, 1.82) is 0 Å². The Hall–Kier alpha value is -1.82. The molecule has 6 nitrogen and oxygen atoms in total. The Kier molecular flexibility index (Phi) is 4.13. The molecule has 2 rings (SSSR count). The Morgan fingerprint density at radius 3 is 2.75 bits per heavy atom. The molecule has 0 radical (unpaired) electrons. The lowest BCUT2D eigenvalue weighted by molar-refractivity contribution is 0.330. The van der Waals surface area contributed by atoms with E-state index in [-0.39, 0.29) is 11.6 Å². The lowest BCUT2D eigenvalue weighted by Gasteiger charge is -2.19. The third-order valence-electron chi connectivity index (χ3n) is 2.64. The molecule has 0 atom stereocenters. The van der Waals surface area contributed by atoms with Crippen molar-refractivity contribution in [2.75, 3.05) is 0 Å². The van der Waals surface area contributed by atoms with Crippen molar-refractivity contribution >= 4 is 0 Å². The average molecular weight is 278 g/mol. The van der Waals surface area contributed by atoms with E-state index in [4.69, 9.17) is 9.15 Å². The summed E-state index contributed by atoms with van der Waals surface area (Å²) >= 11 is 0. The number of nitrogens with zero attached hydrogens (tertiary/aromatic N) is 3. The minimum absolute atomic E-state index is 0.0401. The average Bonchev–Trinajstić information content (AvgIpc) is 2.95. The fourth-order valence-electron chi connectivity index (χ4n) is 1.53. The molecule has 2 aromatic rings. The second kappa shape index (κ2) is 5.66. The summed E-state index contributed by atoms with van der Waals surface area (Å²) in [5.41, 5.74) is 0.851. The molecule has 0 aliphatic carbocycles. The van der Waals surface area contributed by atoms with Crippen LogP contribution in [0.25, 0.3) is 0 Å². The first kappa shape index (κ1) is 14.6. The molecule has 2 aromatic heterocycles. The summed E-state index contributed by atoms with van der Waals surface area (Å²) in [4.78, 5) is 4.27. The SMILES string of the molecule is CC(C)n1cc(Oc2nc(CNC(C)(C)C)co2)cn1. The van der Waals surface area contributed by atoms with Crippen LogP contribution in [0, 0.1) is 0 Å². The number of oxazole rings is 1. The summed E-state index contributed by atoms with van der Waals surface area (Å²) in [6, 6.07) is 0.295. The van der Waals surface area contributed by atoms with E-state index in [2.05, 4.69) is 50.0 Å². The number of hydrogen-bond donors (Lipinski definition) is 1. The molecule has 20 heavy (non-hydrogen) atoms. The van der Waals surface area contributed by atoms with E-state index in [9.17, 15) is 0 Å². The third kappa shape index (κ3) is 4.09. The zero-order valence-electron chi connectivity index (χ0n) is 12.7. The highest BCUT2D eigenvalue weighted by molar-refractivity contribution is 5.17. The van der Waals surface area contributed by atoms with E-state index in [1.807, 2.05) is 10.9 Å². The van der Waals surface area contributed by atoms with Gasteiger partial charge in [-0.25, -0.2) is 0 Å². The molecule has 2 heterocycles. The maximum Gasteiger partial charge on any atom is 0.399 e. The van der Waals surface area contributed by atoms with Crippen molar-refractivity contribution in [3.05, 3.63) is 24.4 Å². The van der Waals surface area contributed by atoms with Gasteiger partial charge in [-0.1, -0.05) is 0 Å². The second-order valence-electron chi connectivity index (χ2n) is 6.06. The molecule has 0 aliphatic rings. The first-order valence-electron chi connectivity index (χ1n) is 6.75. The van der Waals surface area contributed by atoms with E-state index < -0.39 is 0 Å². The predicted octanol–water partition coefficient (Wildman–Crippen LogP) is 3.13. The summed E-state index contributed by atoms with van der Waals surface area (Å²) < 4.78 is 12.6. The molecule has 6 heteroatoms. The summed E-state index contributed by atoms with van der Waals surface area (Å²) in [7, 11) is 0. The predicted molar refractivity (Wildman–Crippen MR) is 75.8 cm³/mol. The minimum Gasteiger partial charge on any atom is -0.417 e. The Morgan fingerprint density at radius 2 is 2.15 bits per heavy atom. The lowest BCUT2D eigenvalue weighted by Crippen LogP contribution is -2.35. The van der Waals surface area contributed by atoms with E-state index in [1.165, 1.54) is 0 Å². The van der Waals surface area contributed by atoms with Crippen molar-refractivity contribution < 1.29 is 9.15 Å². The van der Waals surface area contributed by atoms with Gasteiger partial charge in [0, 0.05) is 18.1 Å². The molecule has 0 spiro atoms. The van der Waals surface area contributed by atoms with Crippen molar-refractivity contribution in [3.63, 3.8) is 0 Å². The van der Waals surface area contributed by atoms with Gasteiger partial charge in [0.25, 0.3) is 0 Å². The zero-order chi connectivity index (χ0) is 14.8. The fraction of sp³-hybridized carbons (Fsp3) is 0.571. The highest BCUT2D eigenvalue weighted by Crippen LogP contribution is 2.21. The molecule has 1 N–H and O–H groups in total. The normalized spacial score (nSPS) is 12.1. The smallest absolute Gasteiger partial charge is 0.399 e. The first-order chi connectivity index (χ1) is 9.33. The van der Waals surface area contributed by atoms with Crippen LogP contribution in [0.3, 0.4) is 0 Å². The molecule has 0 bridgehead atoms. The van der Waals surface area contributed by atoms with Crippen LogP contribution >= 0.6 is 0 Å². The van der Waals surface area contributed by atoms with E-state index >= 15 is 0 Å². The number of hydrogen-bond acceptors (Lipinski definition) is 5. The number of nitrogens with one attached hydrogen (secondary N) is 1. The first-order valence-corrected chi connectivity index (χ1v) is 6.75. The Morgan fingerprint density at radius 1 is 1.40 bits per heavy atom. The lowest BCUT2D eigenvalue weighted by atomic mass is 10.1. The Balaban J connectivity index is 1.95. The van der Waals surface area contributed by atoms with Crippen molar-refractivity contribution in [2.45, 2.75) is 52.7 Å². The summed E-state index contributed by atoms with van der Waals surface area (Å²) in [6.07, 6.45) is 5.30. The molecule has 0 fully saturated rings. The second-order valence-corrected chi connectivity index (χ2v) is 6.06. The van der Waals surface area contributed by atoms with E-state index in [0.29, 0.717) is 18.3 Å². The highest BCUT2D eigenvalue weighted by Gasteiger charge is 2.12. The van der Waals surface area contributed by atoms with Gasteiger partial charge in [-0.05, 0) is 34.6 Å².